The Kier molecular flexibility index (Phi) is 4.92. The van der Waals surface area contributed by atoms with Gasteiger partial charge in [-0.2, -0.15) is 19.4 Å². The van der Waals surface area contributed by atoms with Gasteiger partial charge in [0, 0.05) is 54.8 Å². The lowest BCUT2D eigenvalue weighted by Crippen LogP contribution is -2.37. The molecule has 0 radical (unpaired) electrons. The number of anilines is 1. The second kappa shape index (κ2) is 8.23. The van der Waals surface area contributed by atoms with E-state index in [4.69, 9.17) is 14.8 Å². The molecule has 0 spiro atoms. The van der Waals surface area contributed by atoms with Crippen LogP contribution in [0.2, 0.25) is 0 Å². The molecule has 5 heterocycles. The Morgan fingerprint density at radius 1 is 0.882 bits per heavy atom. The summed E-state index contributed by atoms with van der Waals surface area (Å²) in [5.41, 5.74) is 3.29. The molecular weight excluding hydrogens is 437 g/mol. The maximum Gasteiger partial charge on any atom is 0.216 e. The van der Waals surface area contributed by atoms with E-state index in [0.717, 1.165) is 17.1 Å². The summed E-state index contributed by atoms with van der Waals surface area (Å²) >= 11 is 0. The lowest BCUT2D eigenvalue weighted by atomic mass is 10.1. The Bertz CT molecular complexity index is 1480. The average Bonchev–Trinajstić information content (AvgIpc) is 3.48. The Labute approximate surface area is 193 Å². The van der Waals surface area contributed by atoms with Gasteiger partial charge in [0.05, 0.1) is 24.6 Å². The van der Waals surface area contributed by atoms with E-state index < -0.39 is 0 Å². The van der Waals surface area contributed by atoms with Crippen molar-refractivity contribution in [3.8, 4) is 34.2 Å². The molecule has 1 aliphatic heterocycles. The zero-order chi connectivity index (χ0) is 23.1. The minimum atomic E-state index is -0.372. The third-order valence-electron chi connectivity index (χ3n) is 5.73. The highest BCUT2D eigenvalue weighted by molar-refractivity contribution is 5.67. The van der Waals surface area contributed by atoms with Gasteiger partial charge in [0.15, 0.2) is 11.5 Å². The van der Waals surface area contributed by atoms with E-state index in [9.17, 15) is 9.50 Å². The molecule has 1 fully saturated rings. The molecule has 4 aromatic heterocycles. The van der Waals surface area contributed by atoms with Gasteiger partial charge in [-0.05, 0) is 24.3 Å². The molecule has 0 saturated carbocycles. The van der Waals surface area contributed by atoms with Crippen LogP contribution in [0.5, 0.6) is 5.88 Å². The summed E-state index contributed by atoms with van der Waals surface area (Å²) in [5, 5.41) is 20.0. The van der Waals surface area contributed by atoms with Gasteiger partial charge in [0.1, 0.15) is 11.6 Å². The number of fused-ring (bicyclic) bond motifs is 1. The molecule has 0 amide bonds. The first-order valence-electron chi connectivity index (χ1n) is 10.8. The molecule has 1 aromatic carbocycles. The van der Waals surface area contributed by atoms with Crippen molar-refractivity contribution in [3.63, 3.8) is 0 Å². The number of rotatable bonds is 4. The van der Waals surface area contributed by atoms with Crippen LogP contribution < -0.4 is 4.90 Å². The fourth-order valence-electron chi connectivity index (χ4n) is 4.06. The van der Waals surface area contributed by atoms with E-state index in [1.165, 1.54) is 22.9 Å². The zero-order valence-corrected chi connectivity index (χ0v) is 18.0. The lowest BCUT2D eigenvalue weighted by Gasteiger charge is -2.29. The largest absolute Gasteiger partial charge is 0.493 e. The molecule has 1 aliphatic rings. The number of aromatic nitrogens is 6. The van der Waals surface area contributed by atoms with E-state index in [2.05, 4.69) is 15.0 Å². The van der Waals surface area contributed by atoms with Crippen molar-refractivity contribution in [3.05, 3.63) is 72.8 Å². The van der Waals surface area contributed by atoms with Gasteiger partial charge in [-0.15, -0.1) is 0 Å². The second-order valence-corrected chi connectivity index (χ2v) is 7.92. The smallest absolute Gasteiger partial charge is 0.216 e. The minimum Gasteiger partial charge on any atom is -0.493 e. The number of hydrogen-bond acceptors (Lipinski definition) is 7. The summed E-state index contributed by atoms with van der Waals surface area (Å²) in [4.78, 5) is 11.0. The first-order chi connectivity index (χ1) is 16.7. The Hall–Kier alpha value is -4.31. The molecule has 10 heteroatoms. The number of hydrogen-bond donors (Lipinski definition) is 1. The van der Waals surface area contributed by atoms with E-state index >= 15 is 0 Å². The Morgan fingerprint density at radius 2 is 1.68 bits per heavy atom. The van der Waals surface area contributed by atoms with Crippen LogP contribution in [0.1, 0.15) is 0 Å². The highest BCUT2D eigenvalue weighted by Gasteiger charge is 2.21. The first kappa shape index (κ1) is 20.3. The SMILES string of the molecule is Oc1cc(-c2cccc(F)c2)nn1-c1cc(N2CCOCC2)n2nc(-c3ccncc3)cc2n1. The van der Waals surface area contributed by atoms with Gasteiger partial charge < -0.3 is 14.7 Å². The molecule has 170 valence electrons. The van der Waals surface area contributed by atoms with Crippen molar-refractivity contribution < 1.29 is 14.2 Å². The van der Waals surface area contributed by atoms with Gasteiger partial charge in [0.25, 0.3) is 0 Å². The van der Waals surface area contributed by atoms with Crippen LogP contribution in [0.15, 0.2) is 67.0 Å². The average molecular weight is 457 g/mol. The number of ether oxygens (including phenoxy) is 1. The highest BCUT2D eigenvalue weighted by atomic mass is 19.1. The summed E-state index contributed by atoms with van der Waals surface area (Å²) < 4.78 is 22.4. The van der Waals surface area contributed by atoms with Crippen LogP contribution >= 0.6 is 0 Å². The van der Waals surface area contributed by atoms with Crippen LogP contribution in [0.25, 0.3) is 34.0 Å². The number of pyridine rings is 1. The molecule has 0 aliphatic carbocycles. The van der Waals surface area contributed by atoms with Gasteiger partial charge >= 0.3 is 0 Å². The minimum absolute atomic E-state index is 0.0992. The van der Waals surface area contributed by atoms with Gasteiger partial charge in [0.2, 0.25) is 5.88 Å². The van der Waals surface area contributed by atoms with Crippen LogP contribution in [-0.2, 0) is 4.74 Å². The summed E-state index contributed by atoms with van der Waals surface area (Å²) in [5.74, 6) is 0.766. The van der Waals surface area contributed by atoms with Crippen LogP contribution in [0, 0.1) is 5.82 Å². The molecule has 34 heavy (non-hydrogen) atoms. The fraction of sp³-hybridized carbons (Fsp3) is 0.167. The van der Waals surface area contributed by atoms with Gasteiger partial charge in [-0.1, -0.05) is 12.1 Å². The second-order valence-electron chi connectivity index (χ2n) is 7.92. The van der Waals surface area contributed by atoms with E-state index in [0.29, 0.717) is 49.0 Å². The van der Waals surface area contributed by atoms with Crippen molar-refractivity contribution in [1.82, 2.24) is 29.4 Å². The Balaban J connectivity index is 1.50. The molecule has 0 unspecified atom stereocenters. The highest BCUT2D eigenvalue weighted by Crippen LogP contribution is 2.29. The predicted octanol–water partition coefficient (Wildman–Crippen LogP) is 3.33. The van der Waals surface area contributed by atoms with E-state index in [1.807, 2.05) is 24.3 Å². The Morgan fingerprint density at radius 3 is 2.47 bits per heavy atom. The summed E-state index contributed by atoms with van der Waals surface area (Å²) in [6.07, 6.45) is 3.44. The van der Waals surface area contributed by atoms with Crippen LogP contribution in [0.4, 0.5) is 10.2 Å². The molecule has 1 N–H and O–H groups in total. The number of aromatic hydroxyl groups is 1. The van der Waals surface area contributed by atoms with E-state index in [1.54, 1.807) is 29.0 Å². The quantitative estimate of drug-likeness (QED) is 0.442. The molecule has 6 rings (SSSR count). The van der Waals surface area contributed by atoms with Crippen molar-refractivity contribution >= 4 is 11.5 Å². The number of benzene rings is 1. The van der Waals surface area contributed by atoms with Crippen LogP contribution in [-0.4, -0.2) is 60.8 Å². The normalized spacial score (nSPS) is 14.1. The molecular formula is C24H20FN7O2. The van der Waals surface area contributed by atoms with E-state index in [-0.39, 0.29) is 11.7 Å². The number of halogens is 1. The van der Waals surface area contributed by atoms with Crippen molar-refractivity contribution in [2.45, 2.75) is 0 Å². The predicted molar refractivity (Wildman–Crippen MR) is 123 cm³/mol. The van der Waals surface area contributed by atoms with Crippen LogP contribution in [0.3, 0.4) is 0 Å². The third kappa shape index (κ3) is 3.63. The third-order valence-corrected chi connectivity index (χ3v) is 5.73. The molecule has 1 saturated heterocycles. The molecule has 0 bridgehead atoms. The number of nitrogens with zero attached hydrogens (tertiary/aromatic N) is 7. The van der Waals surface area contributed by atoms with Crippen molar-refractivity contribution in [2.24, 2.45) is 0 Å². The fourth-order valence-corrected chi connectivity index (χ4v) is 4.06. The molecule has 5 aromatic rings. The topological polar surface area (TPSA) is 93.6 Å². The van der Waals surface area contributed by atoms with Gasteiger partial charge in [-0.3, -0.25) is 4.98 Å². The molecule has 0 atom stereocenters. The maximum absolute atomic E-state index is 13.7. The summed E-state index contributed by atoms with van der Waals surface area (Å²) in [6.45, 7) is 2.61. The zero-order valence-electron chi connectivity index (χ0n) is 18.0. The summed E-state index contributed by atoms with van der Waals surface area (Å²) in [6, 6.07) is 15.1. The lowest BCUT2D eigenvalue weighted by molar-refractivity contribution is 0.122. The van der Waals surface area contributed by atoms with Crippen molar-refractivity contribution in [2.75, 3.05) is 31.2 Å². The monoisotopic (exact) mass is 457 g/mol. The first-order valence-corrected chi connectivity index (χ1v) is 10.8. The summed E-state index contributed by atoms with van der Waals surface area (Å²) in [7, 11) is 0. The standard InChI is InChI=1S/C24H20FN7O2/c25-18-3-1-2-17(12-18)20-14-24(33)32(29-20)22-15-23(30-8-10-34-11-9-30)31-21(27-22)13-19(28-31)16-4-6-26-7-5-16/h1-7,12-15,33H,8-11H2. The van der Waals surface area contributed by atoms with Crippen molar-refractivity contribution in [1.29, 1.82) is 0 Å². The van der Waals surface area contributed by atoms with Gasteiger partial charge in [-0.25, -0.2) is 9.37 Å². The number of morpholine rings is 1. The molecule has 9 nitrogen and oxygen atoms in total. The maximum atomic E-state index is 13.7.